The summed E-state index contributed by atoms with van der Waals surface area (Å²) in [4.78, 5) is 26.6. The first kappa shape index (κ1) is 24.7. The van der Waals surface area contributed by atoms with Crippen molar-refractivity contribution < 1.29 is 18.5 Å². The van der Waals surface area contributed by atoms with Gasteiger partial charge in [-0.2, -0.15) is 0 Å². The molecule has 0 saturated heterocycles. The molecule has 2 aromatic carbocycles. The van der Waals surface area contributed by atoms with Gasteiger partial charge in [-0.1, -0.05) is 24.6 Å². The Balaban J connectivity index is 1.38. The van der Waals surface area contributed by atoms with Crippen molar-refractivity contribution >= 4 is 34.2 Å². The van der Waals surface area contributed by atoms with Crippen molar-refractivity contribution in [1.29, 1.82) is 0 Å². The normalized spacial score (nSPS) is 30.7. The van der Waals surface area contributed by atoms with Gasteiger partial charge in [-0.05, 0) is 118 Å². The first-order valence-corrected chi connectivity index (χ1v) is 14.1. The van der Waals surface area contributed by atoms with Crippen LogP contribution in [0.15, 0.2) is 47.4 Å². The van der Waals surface area contributed by atoms with Crippen LogP contribution >= 0.6 is 11.6 Å². The summed E-state index contributed by atoms with van der Waals surface area (Å²) < 4.78 is 19.1. The van der Waals surface area contributed by atoms with Crippen LogP contribution in [-0.4, -0.2) is 21.2 Å². The fourth-order valence-corrected chi connectivity index (χ4v) is 8.27. The molecule has 0 aliphatic heterocycles. The van der Waals surface area contributed by atoms with Crippen molar-refractivity contribution in [3.8, 4) is 5.75 Å². The Morgan fingerprint density at radius 2 is 1.83 bits per heavy atom. The number of esters is 1. The molecule has 2 aromatic rings. The molecule has 0 N–H and O–H groups in total. The van der Waals surface area contributed by atoms with E-state index >= 15 is 0 Å². The van der Waals surface area contributed by atoms with E-state index in [1.807, 2.05) is 32.9 Å². The minimum Gasteiger partial charge on any atom is -0.426 e. The predicted molar refractivity (Wildman–Crippen MR) is 138 cm³/mol. The summed E-state index contributed by atoms with van der Waals surface area (Å²) >= 11 is 6.01. The highest BCUT2D eigenvalue weighted by molar-refractivity contribution is 7.86. The van der Waals surface area contributed by atoms with E-state index in [0.717, 1.165) is 25.7 Å². The zero-order chi connectivity index (χ0) is 25.1. The van der Waals surface area contributed by atoms with E-state index in [-0.39, 0.29) is 17.7 Å². The number of hydrogen-bond acceptors (Lipinski definition) is 4. The largest absolute Gasteiger partial charge is 0.426 e. The smallest absolute Gasteiger partial charge is 0.316 e. The number of hydrogen-bond donors (Lipinski definition) is 0. The van der Waals surface area contributed by atoms with Gasteiger partial charge in [-0.3, -0.25) is 13.8 Å². The summed E-state index contributed by atoms with van der Waals surface area (Å²) in [5.74, 6) is 1.58. The summed E-state index contributed by atoms with van der Waals surface area (Å²) in [6.07, 6.45) is 4.37. The molecule has 3 aliphatic rings. The molecule has 6 heteroatoms. The third-order valence-electron chi connectivity index (χ3n) is 8.54. The number of benzene rings is 2. The van der Waals surface area contributed by atoms with Gasteiger partial charge >= 0.3 is 5.97 Å². The van der Waals surface area contributed by atoms with E-state index in [0.29, 0.717) is 33.9 Å². The SMILES string of the molecule is CC(C)(C)C(=O)Oc1ccc2c(c1)CCC1C2CC[C@]2(C)C(=O)C(S(=O)c3ccc(Cl)cc3)CC12. The number of fused-ring (bicyclic) bond motifs is 5. The van der Waals surface area contributed by atoms with Gasteiger partial charge in [0.2, 0.25) is 0 Å². The van der Waals surface area contributed by atoms with Crippen molar-refractivity contribution in [2.45, 2.75) is 75.9 Å². The Hall–Kier alpha value is -1.98. The first-order chi connectivity index (χ1) is 16.5. The highest BCUT2D eigenvalue weighted by Crippen LogP contribution is 2.60. The lowest BCUT2D eigenvalue weighted by Crippen LogP contribution is -2.43. The molecular weight excluding hydrogens is 480 g/mol. The second-order valence-electron chi connectivity index (χ2n) is 11.7. The third-order valence-corrected chi connectivity index (χ3v) is 10.5. The van der Waals surface area contributed by atoms with Gasteiger partial charge in [-0.25, -0.2) is 0 Å². The van der Waals surface area contributed by atoms with Crippen molar-refractivity contribution in [3.63, 3.8) is 0 Å². The highest BCUT2D eigenvalue weighted by Gasteiger charge is 2.59. The second kappa shape index (κ2) is 8.85. The highest BCUT2D eigenvalue weighted by atomic mass is 35.5. The van der Waals surface area contributed by atoms with Gasteiger partial charge in [0, 0.05) is 15.3 Å². The Morgan fingerprint density at radius 1 is 1.11 bits per heavy atom. The van der Waals surface area contributed by atoms with Crippen LogP contribution < -0.4 is 4.74 Å². The number of carbonyl (C=O) groups is 2. The van der Waals surface area contributed by atoms with E-state index in [2.05, 4.69) is 13.0 Å². The van der Waals surface area contributed by atoms with Crippen LogP contribution in [0.4, 0.5) is 0 Å². The number of ether oxygens (including phenoxy) is 1. The topological polar surface area (TPSA) is 60.4 Å². The van der Waals surface area contributed by atoms with Crippen LogP contribution in [0.3, 0.4) is 0 Å². The lowest BCUT2D eigenvalue weighted by atomic mass is 9.55. The zero-order valence-electron chi connectivity index (χ0n) is 20.8. The quantitative estimate of drug-likeness (QED) is 0.347. The first-order valence-electron chi connectivity index (χ1n) is 12.5. The molecule has 0 bridgehead atoms. The van der Waals surface area contributed by atoms with Gasteiger partial charge in [0.05, 0.1) is 21.5 Å². The fraction of sp³-hybridized carbons (Fsp3) is 0.517. The molecule has 5 rings (SSSR count). The zero-order valence-corrected chi connectivity index (χ0v) is 22.4. The molecule has 2 saturated carbocycles. The van der Waals surface area contributed by atoms with Crippen LogP contribution in [0.25, 0.3) is 0 Å². The van der Waals surface area contributed by atoms with Gasteiger partial charge in [-0.15, -0.1) is 0 Å². The van der Waals surface area contributed by atoms with Gasteiger partial charge in [0.25, 0.3) is 0 Å². The Bertz CT molecular complexity index is 1200. The molecule has 4 nitrogen and oxygen atoms in total. The molecule has 0 spiro atoms. The number of carbonyl (C=O) groups excluding carboxylic acids is 2. The standard InChI is InChI=1S/C29H33ClO4S/c1-28(2,3)27(32)34-19-8-12-21-17(15-19)5-11-23-22(21)13-14-29(4)24(23)16-25(26(29)31)35(33)20-9-6-18(30)7-10-20/h6-10,12,15,22-25H,5,11,13-14,16H2,1-4H3/t22?,23?,24?,25?,29-,35?/m0/s1. The number of rotatable bonds is 3. The van der Waals surface area contributed by atoms with Gasteiger partial charge in [0.15, 0.2) is 5.78 Å². The van der Waals surface area contributed by atoms with Crippen LogP contribution in [0.2, 0.25) is 5.02 Å². The molecule has 6 atom stereocenters. The second-order valence-corrected chi connectivity index (χ2v) is 13.8. The average molecular weight is 513 g/mol. The summed E-state index contributed by atoms with van der Waals surface area (Å²) in [6, 6.07) is 13.1. The van der Waals surface area contributed by atoms with E-state index in [1.54, 1.807) is 24.3 Å². The van der Waals surface area contributed by atoms with Crippen molar-refractivity contribution in [2.75, 3.05) is 0 Å². The maximum absolute atomic E-state index is 13.6. The molecule has 0 aromatic heterocycles. The van der Waals surface area contributed by atoms with Crippen LogP contribution in [0.1, 0.15) is 70.4 Å². The lowest BCUT2D eigenvalue weighted by molar-refractivity contribution is -0.143. The van der Waals surface area contributed by atoms with Crippen LogP contribution in [0.5, 0.6) is 5.75 Å². The molecule has 186 valence electrons. The number of halogens is 1. The molecular formula is C29H33ClO4S. The van der Waals surface area contributed by atoms with E-state index < -0.39 is 26.9 Å². The van der Waals surface area contributed by atoms with Crippen molar-refractivity contribution in [2.24, 2.45) is 22.7 Å². The lowest BCUT2D eigenvalue weighted by Gasteiger charge is -2.48. The van der Waals surface area contributed by atoms with Crippen molar-refractivity contribution in [3.05, 3.63) is 58.6 Å². The number of aryl methyl sites for hydroxylation is 1. The predicted octanol–water partition coefficient (Wildman–Crippen LogP) is 6.50. The Morgan fingerprint density at radius 3 is 2.51 bits per heavy atom. The van der Waals surface area contributed by atoms with E-state index in [1.165, 1.54) is 11.1 Å². The summed E-state index contributed by atoms with van der Waals surface area (Å²) in [6.45, 7) is 7.67. The molecule has 35 heavy (non-hydrogen) atoms. The minimum absolute atomic E-state index is 0.171. The molecule has 5 unspecified atom stereocenters. The molecule has 3 aliphatic carbocycles. The summed E-state index contributed by atoms with van der Waals surface area (Å²) in [7, 11) is -1.37. The summed E-state index contributed by atoms with van der Waals surface area (Å²) in [5.41, 5.74) is 1.62. The Labute approximate surface area is 215 Å². The third kappa shape index (κ3) is 4.29. The van der Waals surface area contributed by atoms with Crippen molar-refractivity contribution in [1.82, 2.24) is 0 Å². The van der Waals surface area contributed by atoms with Gasteiger partial charge in [0.1, 0.15) is 5.75 Å². The maximum atomic E-state index is 13.6. The molecule has 0 heterocycles. The van der Waals surface area contributed by atoms with E-state index in [4.69, 9.17) is 16.3 Å². The van der Waals surface area contributed by atoms with Gasteiger partial charge < -0.3 is 4.74 Å². The summed E-state index contributed by atoms with van der Waals surface area (Å²) in [5, 5.41) is 0.148. The minimum atomic E-state index is -1.37. The fourth-order valence-electron chi connectivity index (χ4n) is 6.57. The maximum Gasteiger partial charge on any atom is 0.316 e. The number of ketones is 1. The molecule has 2 fully saturated rings. The Kier molecular flexibility index (Phi) is 6.24. The monoisotopic (exact) mass is 512 g/mol. The number of Topliss-reactive ketones (excluding diaryl/α,β-unsaturated/α-hetero) is 1. The van der Waals surface area contributed by atoms with E-state index in [9.17, 15) is 13.8 Å². The molecule has 0 amide bonds. The molecule has 0 radical (unpaired) electrons. The van der Waals surface area contributed by atoms with Crippen LogP contribution in [0, 0.1) is 22.7 Å². The van der Waals surface area contributed by atoms with Crippen LogP contribution in [-0.2, 0) is 26.8 Å². The average Bonchev–Trinajstić information content (AvgIpc) is 3.09.